The molecule has 2 unspecified atom stereocenters. The summed E-state index contributed by atoms with van der Waals surface area (Å²) in [6.07, 6.45) is 3.01. The number of carbonyl (C=O) groups excluding carboxylic acids is 1. The van der Waals surface area contributed by atoms with Crippen LogP contribution in [0.4, 0.5) is 0 Å². The Morgan fingerprint density at radius 2 is 1.88 bits per heavy atom. The third kappa shape index (κ3) is 6.60. The van der Waals surface area contributed by atoms with Gasteiger partial charge < -0.3 is 14.6 Å². The maximum Gasteiger partial charge on any atom is 0.304 e. The maximum absolute atomic E-state index is 11.1. The van der Waals surface area contributed by atoms with Gasteiger partial charge in [-0.2, -0.15) is 0 Å². The molecule has 1 N–H and O–H groups in total. The Hall–Kier alpha value is -3.30. The molecule has 0 aliphatic carbocycles. The Bertz CT molecular complexity index is 954. The van der Waals surface area contributed by atoms with E-state index in [0.717, 1.165) is 42.6 Å². The lowest BCUT2D eigenvalue weighted by molar-refractivity contribution is -0.145. The van der Waals surface area contributed by atoms with E-state index in [9.17, 15) is 9.59 Å². The topological polar surface area (TPSA) is 76.1 Å². The van der Waals surface area contributed by atoms with Gasteiger partial charge >= 0.3 is 5.97 Å². The largest absolute Gasteiger partial charge is 0.489 e. The highest BCUT2D eigenvalue weighted by atomic mass is 16.5. The minimum absolute atomic E-state index is 0.0329. The Kier molecular flexibility index (Phi) is 8.70. The third-order valence-corrected chi connectivity index (χ3v) is 5.53. The third-order valence-electron chi connectivity index (χ3n) is 5.53. The van der Waals surface area contributed by atoms with E-state index >= 15 is 0 Å². The highest BCUT2D eigenvalue weighted by Gasteiger charge is 2.23. The molecular weight excluding hydrogens is 406 g/mol. The van der Waals surface area contributed by atoms with Gasteiger partial charge in [0, 0.05) is 18.7 Å². The van der Waals surface area contributed by atoms with Crippen molar-refractivity contribution in [1.29, 1.82) is 0 Å². The molecule has 0 bridgehead atoms. The highest BCUT2D eigenvalue weighted by molar-refractivity contribution is 5.69. The van der Waals surface area contributed by atoms with Crippen molar-refractivity contribution >= 4 is 12.4 Å². The van der Waals surface area contributed by atoms with Crippen LogP contribution in [0.1, 0.15) is 61.4 Å². The molecule has 1 heterocycles. The van der Waals surface area contributed by atoms with Crippen LogP contribution in [0, 0.1) is 11.8 Å². The van der Waals surface area contributed by atoms with E-state index in [1.165, 1.54) is 6.42 Å². The van der Waals surface area contributed by atoms with Crippen LogP contribution in [-0.2, 0) is 20.9 Å². The summed E-state index contributed by atoms with van der Waals surface area (Å²) >= 11 is 0. The molecule has 2 atom stereocenters. The first kappa shape index (κ1) is 23.4. The van der Waals surface area contributed by atoms with E-state index < -0.39 is 5.97 Å². The van der Waals surface area contributed by atoms with E-state index in [0.29, 0.717) is 18.8 Å². The minimum atomic E-state index is -0.876. The predicted octanol–water partition coefficient (Wildman–Crippen LogP) is 4.50. The smallest absolute Gasteiger partial charge is 0.304 e. The zero-order valence-corrected chi connectivity index (χ0v) is 18.3. The van der Waals surface area contributed by atoms with Crippen molar-refractivity contribution in [2.24, 2.45) is 0 Å². The van der Waals surface area contributed by atoms with E-state index in [-0.39, 0.29) is 18.6 Å². The molecule has 2 aromatic carbocycles. The van der Waals surface area contributed by atoms with Crippen molar-refractivity contribution in [2.45, 2.75) is 51.4 Å². The normalized spacial score (nSPS) is 15.7. The van der Waals surface area contributed by atoms with Gasteiger partial charge in [-0.3, -0.25) is 14.5 Å². The molecule has 0 radical (unpaired) electrons. The molecule has 0 spiro atoms. The molecule has 32 heavy (non-hydrogen) atoms. The van der Waals surface area contributed by atoms with Crippen molar-refractivity contribution < 1.29 is 24.2 Å². The Morgan fingerprint density at radius 3 is 2.53 bits per heavy atom. The van der Waals surface area contributed by atoms with Gasteiger partial charge in [-0.1, -0.05) is 42.7 Å². The Labute approximate surface area is 189 Å². The van der Waals surface area contributed by atoms with Crippen LogP contribution in [0.25, 0.3) is 0 Å². The van der Waals surface area contributed by atoms with E-state index in [4.69, 9.17) is 14.6 Å². The number of likely N-dealkylation sites (tertiary alicyclic amines) is 1. The summed E-state index contributed by atoms with van der Waals surface area (Å²) in [7, 11) is 0. The van der Waals surface area contributed by atoms with E-state index in [2.05, 4.69) is 16.7 Å². The summed E-state index contributed by atoms with van der Waals surface area (Å²) in [5.41, 5.74) is 2.76. The number of hydrogen-bond acceptors (Lipinski definition) is 5. The second-order valence-electron chi connectivity index (χ2n) is 7.83. The fourth-order valence-electron chi connectivity index (χ4n) is 3.98. The lowest BCUT2D eigenvalue weighted by atomic mass is 9.96. The molecule has 6 heteroatoms. The molecule has 1 saturated heterocycles. The van der Waals surface area contributed by atoms with Crippen LogP contribution >= 0.6 is 0 Å². The highest BCUT2D eigenvalue weighted by Crippen LogP contribution is 2.27. The first-order chi connectivity index (χ1) is 15.6. The lowest BCUT2D eigenvalue weighted by Gasteiger charge is -2.33. The van der Waals surface area contributed by atoms with Gasteiger partial charge in [0.25, 0.3) is 6.47 Å². The van der Waals surface area contributed by atoms with E-state index in [1.54, 1.807) is 6.92 Å². The van der Waals surface area contributed by atoms with E-state index in [1.807, 2.05) is 48.5 Å². The molecule has 3 rings (SSSR count). The molecule has 1 aliphatic rings. The van der Waals surface area contributed by atoms with Gasteiger partial charge in [0.2, 0.25) is 0 Å². The fraction of sp³-hybridized carbons (Fsp3) is 0.385. The SMILES string of the molecule is CC#CC(CC(=O)O)c1ccc(OCc2cccc(C(OC=O)N3CCCCC3)c2)cc1. The van der Waals surface area contributed by atoms with Gasteiger partial charge in [0.1, 0.15) is 12.4 Å². The molecule has 6 nitrogen and oxygen atoms in total. The first-order valence-corrected chi connectivity index (χ1v) is 10.9. The number of rotatable bonds is 10. The van der Waals surface area contributed by atoms with Crippen molar-refractivity contribution in [2.75, 3.05) is 13.1 Å². The van der Waals surface area contributed by atoms with Crippen LogP contribution in [0.3, 0.4) is 0 Å². The first-order valence-electron chi connectivity index (χ1n) is 10.9. The van der Waals surface area contributed by atoms with Crippen LogP contribution in [-0.4, -0.2) is 35.5 Å². The second kappa shape index (κ2) is 11.9. The van der Waals surface area contributed by atoms with Crippen molar-refractivity contribution in [1.82, 2.24) is 4.90 Å². The van der Waals surface area contributed by atoms with Gasteiger partial charge in [0.15, 0.2) is 6.23 Å². The van der Waals surface area contributed by atoms with Gasteiger partial charge in [-0.25, -0.2) is 0 Å². The number of ether oxygens (including phenoxy) is 2. The molecule has 1 aliphatic heterocycles. The number of carboxylic acid groups (broad SMARTS) is 1. The Balaban J connectivity index is 1.66. The standard InChI is InChI=1S/C26H29NO5/c1-2-7-22(17-25(29)30)21-10-12-24(13-11-21)31-18-20-8-6-9-23(16-20)26(32-19-28)27-14-4-3-5-15-27/h6,8-13,16,19,22,26H,3-5,14-15,17-18H2,1H3,(H,29,30). The van der Waals surface area contributed by atoms with Gasteiger partial charge in [-0.05, 0) is 49.1 Å². The summed E-state index contributed by atoms with van der Waals surface area (Å²) in [4.78, 5) is 24.4. The van der Waals surface area contributed by atoms with Gasteiger partial charge in [-0.15, -0.1) is 5.92 Å². The maximum atomic E-state index is 11.1. The molecule has 0 aromatic heterocycles. The minimum Gasteiger partial charge on any atom is -0.489 e. The van der Waals surface area contributed by atoms with Crippen molar-refractivity contribution in [3.05, 3.63) is 65.2 Å². The number of nitrogens with zero attached hydrogens (tertiary/aromatic N) is 1. The molecule has 0 amide bonds. The molecule has 2 aromatic rings. The van der Waals surface area contributed by atoms with Crippen molar-refractivity contribution in [3.63, 3.8) is 0 Å². The molecule has 1 fully saturated rings. The number of benzene rings is 2. The number of piperidine rings is 1. The summed E-state index contributed by atoms with van der Waals surface area (Å²) < 4.78 is 11.4. The molecule has 168 valence electrons. The average molecular weight is 436 g/mol. The zero-order valence-electron chi connectivity index (χ0n) is 18.3. The monoisotopic (exact) mass is 435 g/mol. The number of aliphatic carboxylic acids is 1. The van der Waals surface area contributed by atoms with Gasteiger partial charge in [0.05, 0.1) is 12.3 Å². The van der Waals surface area contributed by atoms with Crippen LogP contribution < -0.4 is 4.74 Å². The summed E-state index contributed by atoms with van der Waals surface area (Å²) in [6, 6.07) is 15.3. The zero-order chi connectivity index (χ0) is 22.8. The number of carbonyl (C=O) groups is 2. The lowest BCUT2D eigenvalue weighted by Crippen LogP contribution is -2.35. The van der Waals surface area contributed by atoms with Crippen molar-refractivity contribution in [3.8, 4) is 17.6 Å². The number of hydrogen-bond donors (Lipinski definition) is 1. The summed E-state index contributed by atoms with van der Waals surface area (Å²) in [5.74, 6) is 5.22. The number of carboxylic acids is 1. The molecular formula is C26H29NO5. The average Bonchev–Trinajstić information content (AvgIpc) is 2.82. The Morgan fingerprint density at radius 1 is 1.12 bits per heavy atom. The molecule has 0 saturated carbocycles. The second-order valence-corrected chi connectivity index (χ2v) is 7.83. The summed E-state index contributed by atoms with van der Waals surface area (Å²) in [5, 5.41) is 9.09. The summed E-state index contributed by atoms with van der Waals surface area (Å²) in [6.45, 7) is 4.42. The van der Waals surface area contributed by atoms with Crippen LogP contribution in [0.2, 0.25) is 0 Å². The van der Waals surface area contributed by atoms with Crippen LogP contribution in [0.5, 0.6) is 5.75 Å². The predicted molar refractivity (Wildman–Crippen MR) is 121 cm³/mol. The quantitative estimate of drug-likeness (QED) is 0.437. The van der Waals surface area contributed by atoms with Crippen LogP contribution in [0.15, 0.2) is 48.5 Å². The fourth-order valence-corrected chi connectivity index (χ4v) is 3.98.